The molecule has 31 heavy (non-hydrogen) atoms. The summed E-state index contributed by atoms with van der Waals surface area (Å²) < 4.78 is 65.3. The van der Waals surface area contributed by atoms with Crippen molar-refractivity contribution in [2.45, 2.75) is 30.8 Å². The number of carbonyl (C=O) groups excluding carboxylic acids is 1. The van der Waals surface area contributed by atoms with Crippen molar-refractivity contribution in [2.24, 2.45) is 5.10 Å². The van der Waals surface area contributed by atoms with E-state index in [1.807, 2.05) is 6.92 Å². The van der Waals surface area contributed by atoms with E-state index in [1.165, 1.54) is 0 Å². The fraction of sp³-hybridized carbons (Fsp3) is 0.300. The van der Waals surface area contributed by atoms with Gasteiger partial charge in [0, 0.05) is 5.56 Å². The summed E-state index contributed by atoms with van der Waals surface area (Å²) in [6.07, 6.45) is -3.76. The van der Waals surface area contributed by atoms with Crippen LogP contribution < -0.4 is 5.48 Å². The van der Waals surface area contributed by atoms with E-state index in [-0.39, 0.29) is 10.6 Å². The van der Waals surface area contributed by atoms with E-state index >= 15 is 0 Å². The minimum Gasteiger partial charge on any atom is -0.263 e. The zero-order chi connectivity index (χ0) is 22.6. The molecule has 1 N–H and O–H groups in total. The molecule has 0 spiro atoms. The summed E-state index contributed by atoms with van der Waals surface area (Å²) in [6.45, 7) is 0.156. The lowest BCUT2D eigenvalue weighted by Gasteiger charge is -2.35. The molecule has 0 radical (unpaired) electrons. The molecule has 3 rings (SSSR count). The standard InChI is InChI=1S/C20H18F5N3O2S/c1-2-10-19(13-6-4-3-5-7-13)28(18(29)27-30-12-20(23,24)25)26-17(31-19)15-11-14(21)8-9-16(15)22/h3-9,11H,2,10,12H2,1H3,(H,27,29). The van der Waals surface area contributed by atoms with E-state index in [1.54, 1.807) is 35.8 Å². The van der Waals surface area contributed by atoms with E-state index in [0.29, 0.717) is 18.4 Å². The molecule has 0 bridgehead atoms. The lowest BCUT2D eigenvalue weighted by atomic mass is 10.0. The first-order valence-electron chi connectivity index (χ1n) is 9.23. The van der Waals surface area contributed by atoms with Gasteiger partial charge in [-0.3, -0.25) is 4.84 Å². The van der Waals surface area contributed by atoms with Gasteiger partial charge in [0.15, 0.2) is 6.61 Å². The highest BCUT2D eigenvalue weighted by Crippen LogP contribution is 2.50. The van der Waals surface area contributed by atoms with Crippen molar-refractivity contribution >= 4 is 22.8 Å². The molecule has 0 aliphatic carbocycles. The summed E-state index contributed by atoms with van der Waals surface area (Å²) in [5, 5.41) is 5.09. The molecule has 0 fully saturated rings. The van der Waals surface area contributed by atoms with Crippen LogP contribution in [0.3, 0.4) is 0 Å². The van der Waals surface area contributed by atoms with Crippen molar-refractivity contribution in [3.63, 3.8) is 0 Å². The van der Waals surface area contributed by atoms with Crippen LogP contribution in [0.2, 0.25) is 0 Å². The second kappa shape index (κ2) is 9.23. The molecule has 0 saturated heterocycles. The number of hydroxylamine groups is 1. The number of hydrazone groups is 1. The van der Waals surface area contributed by atoms with E-state index < -0.39 is 35.3 Å². The average molecular weight is 459 g/mol. The molecule has 11 heteroatoms. The molecule has 0 saturated carbocycles. The van der Waals surface area contributed by atoms with Gasteiger partial charge in [-0.05, 0) is 30.2 Å². The number of nitrogens with zero attached hydrogens (tertiary/aromatic N) is 2. The monoisotopic (exact) mass is 459 g/mol. The minimum absolute atomic E-state index is 0.0141. The largest absolute Gasteiger partial charge is 0.414 e. The molecule has 1 heterocycles. The number of amides is 2. The van der Waals surface area contributed by atoms with E-state index in [4.69, 9.17) is 0 Å². The molecular weight excluding hydrogens is 441 g/mol. The maximum absolute atomic E-state index is 14.4. The molecule has 2 aromatic carbocycles. The number of alkyl halides is 3. The zero-order valence-corrected chi connectivity index (χ0v) is 17.1. The van der Waals surface area contributed by atoms with Gasteiger partial charge in [-0.25, -0.2) is 19.1 Å². The van der Waals surface area contributed by atoms with Crippen LogP contribution in [0, 0.1) is 11.6 Å². The van der Waals surface area contributed by atoms with Gasteiger partial charge in [0.2, 0.25) is 0 Å². The second-order valence-corrected chi connectivity index (χ2v) is 7.92. The van der Waals surface area contributed by atoms with Crippen molar-refractivity contribution in [2.75, 3.05) is 6.61 Å². The van der Waals surface area contributed by atoms with Crippen molar-refractivity contribution in [1.29, 1.82) is 0 Å². The normalized spacial score (nSPS) is 18.8. The highest BCUT2D eigenvalue weighted by molar-refractivity contribution is 8.15. The van der Waals surface area contributed by atoms with Gasteiger partial charge in [0.1, 0.15) is 21.5 Å². The van der Waals surface area contributed by atoms with Crippen molar-refractivity contribution in [1.82, 2.24) is 10.5 Å². The molecule has 1 aliphatic rings. The van der Waals surface area contributed by atoms with Gasteiger partial charge in [0.05, 0.1) is 0 Å². The number of rotatable bonds is 6. The van der Waals surface area contributed by atoms with Gasteiger partial charge in [-0.2, -0.15) is 23.3 Å². The predicted molar refractivity (Wildman–Crippen MR) is 106 cm³/mol. The lowest BCUT2D eigenvalue weighted by Crippen LogP contribution is -2.47. The summed E-state index contributed by atoms with van der Waals surface area (Å²) in [5.41, 5.74) is 2.20. The Kier molecular flexibility index (Phi) is 6.85. The van der Waals surface area contributed by atoms with Gasteiger partial charge in [-0.15, -0.1) is 0 Å². The molecule has 2 amide bonds. The van der Waals surface area contributed by atoms with Gasteiger partial charge < -0.3 is 0 Å². The predicted octanol–water partition coefficient (Wildman–Crippen LogP) is 5.53. The highest BCUT2D eigenvalue weighted by Gasteiger charge is 2.48. The molecule has 2 aromatic rings. The fourth-order valence-electron chi connectivity index (χ4n) is 3.12. The number of thioether (sulfide) groups is 1. The second-order valence-electron chi connectivity index (χ2n) is 6.65. The molecular formula is C20H18F5N3O2S. The van der Waals surface area contributed by atoms with Crippen molar-refractivity contribution < 1.29 is 31.6 Å². The van der Waals surface area contributed by atoms with Crippen LogP contribution in [0.15, 0.2) is 53.6 Å². The molecule has 1 atom stereocenters. The van der Waals surface area contributed by atoms with E-state index in [2.05, 4.69) is 9.94 Å². The summed E-state index contributed by atoms with van der Waals surface area (Å²) in [7, 11) is 0. The highest BCUT2D eigenvalue weighted by atomic mass is 32.2. The summed E-state index contributed by atoms with van der Waals surface area (Å²) in [6, 6.07) is 10.4. The molecule has 1 aliphatic heterocycles. The van der Waals surface area contributed by atoms with E-state index in [9.17, 15) is 26.7 Å². The lowest BCUT2D eigenvalue weighted by molar-refractivity contribution is -0.185. The number of hydrogen-bond acceptors (Lipinski definition) is 4. The molecule has 166 valence electrons. The number of hydrogen-bond donors (Lipinski definition) is 1. The maximum Gasteiger partial charge on any atom is 0.414 e. The van der Waals surface area contributed by atoms with Crippen LogP contribution in [0.5, 0.6) is 0 Å². The van der Waals surface area contributed by atoms with Crippen molar-refractivity contribution in [3.05, 3.63) is 71.3 Å². The molecule has 0 aromatic heterocycles. The third-order valence-corrected chi connectivity index (χ3v) is 5.80. The SMILES string of the molecule is CCCC1(c2ccccc2)SC(c2cc(F)ccc2F)=NN1C(=O)NOCC(F)(F)F. The van der Waals surface area contributed by atoms with Crippen LogP contribution >= 0.6 is 11.8 Å². The first-order valence-corrected chi connectivity index (χ1v) is 10.1. The first-order chi connectivity index (χ1) is 14.7. The van der Waals surface area contributed by atoms with Gasteiger partial charge in [0.25, 0.3) is 0 Å². The molecule has 1 unspecified atom stereocenters. The Bertz CT molecular complexity index is 971. The third kappa shape index (κ3) is 5.16. The number of halogens is 5. The number of carbonyl (C=O) groups is 1. The Morgan fingerprint density at radius 3 is 2.55 bits per heavy atom. The zero-order valence-electron chi connectivity index (χ0n) is 16.2. The summed E-state index contributed by atoms with van der Waals surface area (Å²) in [4.78, 5) is 15.8. The van der Waals surface area contributed by atoms with Gasteiger partial charge in [-0.1, -0.05) is 55.4 Å². The fourth-order valence-corrected chi connectivity index (χ4v) is 4.60. The number of urea groups is 1. The van der Waals surface area contributed by atoms with Crippen LogP contribution in [0.4, 0.5) is 26.7 Å². The Balaban J connectivity index is 2.02. The maximum atomic E-state index is 14.4. The Hall–Kier alpha value is -2.66. The van der Waals surface area contributed by atoms with Crippen LogP contribution in [0.25, 0.3) is 0 Å². The Labute approximate surface area is 179 Å². The quantitative estimate of drug-likeness (QED) is 0.457. The minimum atomic E-state index is -4.65. The Morgan fingerprint density at radius 1 is 1.19 bits per heavy atom. The van der Waals surface area contributed by atoms with Crippen LogP contribution in [-0.2, 0) is 9.71 Å². The topological polar surface area (TPSA) is 53.9 Å². The smallest absolute Gasteiger partial charge is 0.263 e. The van der Waals surface area contributed by atoms with Crippen LogP contribution in [0.1, 0.15) is 30.9 Å². The third-order valence-electron chi connectivity index (χ3n) is 4.36. The molecule has 5 nitrogen and oxygen atoms in total. The first kappa shape index (κ1) is 23.0. The van der Waals surface area contributed by atoms with E-state index in [0.717, 1.165) is 35.0 Å². The Morgan fingerprint density at radius 2 is 1.90 bits per heavy atom. The van der Waals surface area contributed by atoms with Crippen LogP contribution in [-0.4, -0.2) is 28.9 Å². The van der Waals surface area contributed by atoms with Crippen molar-refractivity contribution in [3.8, 4) is 0 Å². The summed E-state index contributed by atoms with van der Waals surface area (Å²) in [5.74, 6) is -1.45. The average Bonchev–Trinajstić information content (AvgIpc) is 3.10. The number of benzene rings is 2. The van der Waals surface area contributed by atoms with Gasteiger partial charge >= 0.3 is 12.2 Å². The number of nitrogens with one attached hydrogen (secondary N) is 1. The summed E-state index contributed by atoms with van der Waals surface area (Å²) >= 11 is 1.02.